The van der Waals surface area contributed by atoms with Gasteiger partial charge in [0.25, 0.3) is 0 Å². The predicted molar refractivity (Wildman–Crippen MR) is 84.1 cm³/mol. The molecule has 0 bridgehead atoms. The summed E-state index contributed by atoms with van der Waals surface area (Å²) in [5.41, 5.74) is 4.04. The zero-order valence-corrected chi connectivity index (χ0v) is 13.3. The molecule has 0 aromatic carbocycles. The van der Waals surface area contributed by atoms with Gasteiger partial charge in [-0.15, -0.1) is 11.3 Å². The summed E-state index contributed by atoms with van der Waals surface area (Å²) in [5.74, 6) is 0.730. The van der Waals surface area contributed by atoms with Gasteiger partial charge < -0.3 is 5.32 Å². The highest BCUT2D eigenvalue weighted by molar-refractivity contribution is 7.15. The third-order valence-corrected chi connectivity index (χ3v) is 5.41. The van der Waals surface area contributed by atoms with E-state index in [9.17, 15) is 0 Å². The lowest BCUT2D eigenvalue weighted by atomic mass is 10.2. The molecule has 1 aliphatic rings. The van der Waals surface area contributed by atoms with Crippen LogP contribution in [0.3, 0.4) is 0 Å². The van der Waals surface area contributed by atoms with Gasteiger partial charge in [-0.25, -0.2) is 4.98 Å². The van der Waals surface area contributed by atoms with E-state index in [1.54, 1.807) is 11.3 Å². The summed E-state index contributed by atoms with van der Waals surface area (Å²) >= 11 is 3.64. The number of hydrogen-bond acceptors (Lipinski definition) is 4. The Bertz CT molecular complexity index is 564. The van der Waals surface area contributed by atoms with Crippen LogP contribution in [0, 0.1) is 6.92 Å². The highest BCUT2D eigenvalue weighted by Gasteiger charge is 2.30. The molecule has 0 aliphatic heterocycles. The molecule has 0 unspecified atom stereocenters. The quantitative estimate of drug-likeness (QED) is 0.874. The van der Waals surface area contributed by atoms with Crippen molar-refractivity contribution in [1.82, 2.24) is 10.3 Å². The molecule has 3 rings (SSSR count). The average Bonchev–Trinajstić information content (AvgIpc) is 2.98. The molecular weight excluding hydrogens is 272 g/mol. The van der Waals surface area contributed by atoms with Crippen LogP contribution in [0.2, 0.25) is 0 Å². The molecule has 0 atom stereocenters. The summed E-state index contributed by atoms with van der Waals surface area (Å²) in [6, 6.07) is 0.528. The number of nitrogens with one attached hydrogen (secondary N) is 1. The van der Waals surface area contributed by atoms with Crippen LogP contribution >= 0.6 is 22.7 Å². The van der Waals surface area contributed by atoms with Gasteiger partial charge in [0.15, 0.2) is 0 Å². The van der Waals surface area contributed by atoms with Crippen LogP contribution in [0.1, 0.15) is 48.7 Å². The zero-order valence-electron chi connectivity index (χ0n) is 11.7. The lowest BCUT2D eigenvalue weighted by molar-refractivity contribution is 0.590. The fraction of sp³-hybridized carbons (Fsp3) is 0.533. The molecule has 4 heteroatoms. The summed E-state index contributed by atoms with van der Waals surface area (Å²) in [4.78, 5) is 6.38. The Morgan fingerprint density at radius 3 is 2.74 bits per heavy atom. The number of aryl methyl sites for hydroxylation is 1. The number of aromatic nitrogens is 1. The predicted octanol–water partition coefficient (Wildman–Crippen LogP) is 4.56. The Morgan fingerprint density at radius 2 is 2.16 bits per heavy atom. The average molecular weight is 292 g/mol. The van der Waals surface area contributed by atoms with Crippen molar-refractivity contribution in [2.45, 2.75) is 52.1 Å². The maximum Gasteiger partial charge on any atom is 0.125 e. The second kappa shape index (κ2) is 5.35. The summed E-state index contributed by atoms with van der Waals surface area (Å²) in [5, 5.41) is 9.18. The highest BCUT2D eigenvalue weighted by Crippen LogP contribution is 2.44. The van der Waals surface area contributed by atoms with E-state index >= 15 is 0 Å². The molecule has 1 fully saturated rings. The van der Waals surface area contributed by atoms with Crippen molar-refractivity contribution in [3.63, 3.8) is 0 Å². The minimum Gasteiger partial charge on any atom is -0.310 e. The fourth-order valence-electron chi connectivity index (χ4n) is 2.16. The van der Waals surface area contributed by atoms with Crippen molar-refractivity contribution in [2.24, 2.45) is 0 Å². The molecular formula is C15H20N2S2. The van der Waals surface area contributed by atoms with Crippen LogP contribution in [-0.4, -0.2) is 11.0 Å². The van der Waals surface area contributed by atoms with Crippen LogP contribution < -0.4 is 5.32 Å². The van der Waals surface area contributed by atoms with Gasteiger partial charge in [0.05, 0.1) is 5.69 Å². The van der Waals surface area contributed by atoms with Crippen LogP contribution in [0.25, 0.3) is 10.6 Å². The Labute approximate surface area is 122 Å². The standard InChI is InChI=1S/C15H20N2S2/c1-9(2)16-6-13-14(11-4-5-11)17-15(19-13)12-8-18-7-10(12)3/h7-9,11,16H,4-6H2,1-3H3. The van der Waals surface area contributed by atoms with Gasteiger partial charge in [0, 0.05) is 34.3 Å². The van der Waals surface area contributed by atoms with Crippen LogP contribution in [0.4, 0.5) is 0 Å². The molecule has 2 aromatic rings. The lowest BCUT2D eigenvalue weighted by Crippen LogP contribution is -2.21. The molecule has 2 heterocycles. The largest absolute Gasteiger partial charge is 0.310 e. The first-order valence-corrected chi connectivity index (χ1v) is 8.67. The molecule has 102 valence electrons. The van der Waals surface area contributed by atoms with Crippen molar-refractivity contribution < 1.29 is 0 Å². The van der Waals surface area contributed by atoms with Crippen molar-refractivity contribution in [1.29, 1.82) is 0 Å². The molecule has 0 radical (unpaired) electrons. The molecule has 0 spiro atoms. The van der Waals surface area contributed by atoms with E-state index in [2.05, 4.69) is 36.8 Å². The SMILES string of the molecule is Cc1cscc1-c1nc(C2CC2)c(CNC(C)C)s1. The van der Waals surface area contributed by atoms with Crippen molar-refractivity contribution >= 4 is 22.7 Å². The number of hydrogen-bond donors (Lipinski definition) is 1. The second-order valence-corrected chi connectivity index (χ2v) is 7.43. The first-order chi connectivity index (χ1) is 9.15. The van der Waals surface area contributed by atoms with Gasteiger partial charge in [-0.2, -0.15) is 11.3 Å². The van der Waals surface area contributed by atoms with Crippen molar-refractivity contribution in [3.05, 3.63) is 26.9 Å². The van der Waals surface area contributed by atoms with E-state index in [-0.39, 0.29) is 0 Å². The van der Waals surface area contributed by atoms with Gasteiger partial charge in [-0.3, -0.25) is 0 Å². The number of rotatable bonds is 5. The molecule has 19 heavy (non-hydrogen) atoms. The summed E-state index contributed by atoms with van der Waals surface area (Å²) in [6.45, 7) is 7.53. The molecule has 1 aliphatic carbocycles. The number of thiazole rings is 1. The zero-order chi connectivity index (χ0) is 13.4. The minimum absolute atomic E-state index is 0.528. The first-order valence-electron chi connectivity index (χ1n) is 6.91. The molecule has 2 aromatic heterocycles. The lowest BCUT2D eigenvalue weighted by Gasteiger charge is -2.07. The van der Waals surface area contributed by atoms with E-state index < -0.39 is 0 Å². The Kier molecular flexibility index (Phi) is 3.74. The van der Waals surface area contributed by atoms with Crippen LogP contribution in [0.15, 0.2) is 10.8 Å². The second-order valence-electron chi connectivity index (χ2n) is 5.61. The van der Waals surface area contributed by atoms with Crippen LogP contribution in [-0.2, 0) is 6.54 Å². The molecule has 1 saturated carbocycles. The van der Waals surface area contributed by atoms with Crippen molar-refractivity contribution in [2.75, 3.05) is 0 Å². The summed E-state index contributed by atoms with van der Waals surface area (Å²) in [6.07, 6.45) is 2.64. The van der Waals surface area contributed by atoms with E-state index in [0.717, 1.165) is 12.5 Å². The first kappa shape index (κ1) is 13.3. The molecule has 0 saturated heterocycles. The van der Waals surface area contributed by atoms with Gasteiger partial charge in [-0.1, -0.05) is 13.8 Å². The summed E-state index contributed by atoms with van der Waals surface area (Å²) < 4.78 is 0. The van der Waals surface area contributed by atoms with E-state index in [0.29, 0.717) is 6.04 Å². The minimum atomic E-state index is 0.528. The molecule has 0 amide bonds. The maximum absolute atomic E-state index is 4.94. The monoisotopic (exact) mass is 292 g/mol. The van der Waals surface area contributed by atoms with Gasteiger partial charge in [-0.05, 0) is 30.7 Å². The summed E-state index contributed by atoms with van der Waals surface area (Å²) in [7, 11) is 0. The smallest absolute Gasteiger partial charge is 0.125 e. The maximum atomic E-state index is 4.94. The van der Waals surface area contributed by atoms with Crippen LogP contribution in [0.5, 0.6) is 0 Å². The van der Waals surface area contributed by atoms with E-state index in [4.69, 9.17) is 4.98 Å². The highest BCUT2D eigenvalue weighted by atomic mass is 32.1. The Balaban J connectivity index is 1.90. The van der Waals surface area contributed by atoms with Crippen molar-refractivity contribution in [3.8, 4) is 10.6 Å². The van der Waals surface area contributed by atoms with E-state index in [1.807, 2.05) is 11.3 Å². The molecule has 2 nitrogen and oxygen atoms in total. The fourth-order valence-corrected chi connectivity index (χ4v) is 4.24. The Morgan fingerprint density at radius 1 is 1.37 bits per heavy atom. The van der Waals surface area contributed by atoms with Gasteiger partial charge >= 0.3 is 0 Å². The van der Waals surface area contributed by atoms with Gasteiger partial charge in [0.1, 0.15) is 5.01 Å². The topological polar surface area (TPSA) is 24.9 Å². The Hall–Kier alpha value is -0.710. The third-order valence-electron chi connectivity index (χ3n) is 3.45. The van der Waals surface area contributed by atoms with Gasteiger partial charge in [0.2, 0.25) is 0 Å². The number of nitrogens with zero attached hydrogens (tertiary/aromatic N) is 1. The number of thiophene rings is 1. The normalized spacial score (nSPS) is 15.4. The molecule has 1 N–H and O–H groups in total. The third kappa shape index (κ3) is 2.91. The van der Waals surface area contributed by atoms with E-state index in [1.165, 1.54) is 39.5 Å².